The van der Waals surface area contributed by atoms with Gasteiger partial charge in [0.1, 0.15) is 5.82 Å². The molecule has 1 aromatic rings. The Hall–Kier alpha value is -0.690. The SMILES string of the molecule is CC(CO)CNC(=O)c1c(F)cccc1I. The highest BCUT2D eigenvalue weighted by Crippen LogP contribution is 2.15. The van der Waals surface area contributed by atoms with Crippen molar-refractivity contribution in [2.45, 2.75) is 6.92 Å². The first-order valence-corrected chi connectivity index (χ1v) is 5.97. The molecule has 1 rings (SSSR count). The first-order chi connectivity index (χ1) is 7.56. The van der Waals surface area contributed by atoms with Crippen molar-refractivity contribution < 1.29 is 14.3 Å². The van der Waals surface area contributed by atoms with E-state index in [4.69, 9.17) is 5.11 Å². The normalized spacial score (nSPS) is 12.2. The van der Waals surface area contributed by atoms with Crippen molar-refractivity contribution in [1.29, 1.82) is 0 Å². The van der Waals surface area contributed by atoms with E-state index in [0.29, 0.717) is 10.1 Å². The second kappa shape index (κ2) is 6.15. The number of aliphatic hydroxyl groups is 1. The van der Waals surface area contributed by atoms with E-state index in [9.17, 15) is 9.18 Å². The third kappa shape index (κ3) is 3.41. The topological polar surface area (TPSA) is 49.3 Å². The lowest BCUT2D eigenvalue weighted by Gasteiger charge is -2.11. The number of halogens is 2. The third-order valence-electron chi connectivity index (χ3n) is 2.11. The van der Waals surface area contributed by atoms with Crippen molar-refractivity contribution in [1.82, 2.24) is 5.32 Å². The van der Waals surface area contributed by atoms with Gasteiger partial charge in [-0.2, -0.15) is 0 Å². The zero-order chi connectivity index (χ0) is 12.1. The maximum absolute atomic E-state index is 13.4. The van der Waals surface area contributed by atoms with E-state index in [1.165, 1.54) is 6.07 Å². The van der Waals surface area contributed by atoms with Crippen LogP contribution in [0.15, 0.2) is 18.2 Å². The molecule has 16 heavy (non-hydrogen) atoms. The van der Waals surface area contributed by atoms with Crippen LogP contribution in [0.3, 0.4) is 0 Å². The second-order valence-electron chi connectivity index (χ2n) is 3.59. The number of nitrogens with one attached hydrogen (secondary N) is 1. The Morgan fingerprint density at radius 2 is 2.31 bits per heavy atom. The van der Waals surface area contributed by atoms with E-state index in [0.717, 1.165) is 0 Å². The fraction of sp³-hybridized carbons (Fsp3) is 0.364. The molecule has 1 atom stereocenters. The molecule has 0 aromatic heterocycles. The highest BCUT2D eigenvalue weighted by molar-refractivity contribution is 14.1. The quantitative estimate of drug-likeness (QED) is 0.823. The minimum Gasteiger partial charge on any atom is -0.396 e. The smallest absolute Gasteiger partial charge is 0.255 e. The Balaban J connectivity index is 2.73. The van der Waals surface area contributed by atoms with E-state index in [1.54, 1.807) is 19.1 Å². The molecule has 0 bridgehead atoms. The number of hydrogen-bond acceptors (Lipinski definition) is 2. The summed E-state index contributed by atoms with van der Waals surface area (Å²) < 4.78 is 14.0. The Bertz CT molecular complexity index is 364. The van der Waals surface area contributed by atoms with Gasteiger partial charge in [0.15, 0.2) is 0 Å². The van der Waals surface area contributed by atoms with Crippen molar-refractivity contribution in [3.63, 3.8) is 0 Å². The molecule has 0 spiro atoms. The predicted molar refractivity (Wildman–Crippen MR) is 67.7 cm³/mol. The molecule has 88 valence electrons. The van der Waals surface area contributed by atoms with Gasteiger partial charge in [0, 0.05) is 16.7 Å². The average Bonchev–Trinajstić information content (AvgIpc) is 2.25. The van der Waals surface area contributed by atoms with Crippen LogP contribution in [0.2, 0.25) is 0 Å². The highest BCUT2D eigenvalue weighted by Gasteiger charge is 2.15. The number of aliphatic hydroxyl groups excluding tert-OH is 1. The minimum atomic E-state index is -0.527. The molecule has 1 aromatic carbocycles. The van der Waals surface area contributed by atoms with Gasteiger partial charge in [0.25, 0.3) is 5.91 Å². The fourth-order valence-electron chi connectivity index (χ4n) is 1.13. The molecule has 0 fully saturated rings. The van der Waals surface area contributed by atoms with Gasteiger partial charge in [0.05, 0.1) is 5.56 Å². The van der Waals surface area contributed by atoms with E-state index < -0.39 is 11.7 Å². The van der Waals surface area contributed by atoms with Crippen LogP contribution in [-0.4, -0.2) is 24.2 Å². The standard InChI is InChI=1S/C11H13FINO2/c1-7(6-15)5-14-11(16)10-8(12)3-2-4-9(10)13/h2-4,7,15H,5-6H2,1H3,(H,14,16). The van der Waals surface area contributed by atoms with Crippen LogP contribution in [0.1, 0.15) is 17.3 Å². The second-order valence-corrected chi connectivity index (χ2v) is 4.76. The monoisotopic (exact) mass is 337 g/mol. The highest BCUT2D eigenvalue weighted by atomic mass is 127. The van der Waals surface area contributed by atoms with E-state index in [-0.39, 0.29) is 18.1 Å². The number of hydrogen-bond donors (Lipinski definition) is 2. The van der Waals surface area contributed by atoms with Gasteiger partial charge >= 0.3 is 0 Å². The summed E-state index contributed by atoms with van der Waals surface area (Å²) >= 11 is 1.92. The molecule has 1 amide bonds. The maximum atomic E-state index is 13.4. The van der Waals surface area contributed by atoms with Gasteiger partial charge in [-0.15, -0.1) is 0 Å². The summed E-state index contributed by atoms with van der Waals surface area (Å²) in [4.78, 5) is 11.7. The minimum absolute atomic E-state index is 0.00531. The van der Waals surface area contributed by atoms with E-state index in [2.05, 4.69) is 5.32 Å². The van der Waals surface area contributed by atoms with Crippen molar-refractivity contribution >= 4 is 28.5 Å². The van der Waals surface area contributed by atoms with Gasteiger partial charge in [-0.25, -0.2) is 4.39 Å². The fourth-order valence-corrected chi connectivity index (χ4v) is 1.84. The zero-order valence-corrected chi connectivity index (χ0v) is 11.0. The van der Waals surface area contributed by atoms with Gasteiger partial charge in [-0.05, 0) is 40.6 Å². The van der Waals surface area contributed by atoms with E-state index in [1.807, 2.05) is 22.6 Å². The van der Waals surface area contributed by atoms with Crippen LogP contribution in [0.5, 0.6) is 0 Å². The largest absolute Gasteiger partial charge is 0.396 e. The van der Waals surface area contributed by atoms with Crippen LogP contribution in [0.25, 0.3) is 0 Å². The molecule has 1 unspecified atom stereocenters. The number of rotatable bonds is 4. The Morgan fingerprint density at radius 1 is 1.62 bits per heavy atom. The van der Waals surface area contributed by atoms with Crippen LogP contribution in [-0.2, 0) is 0 Å². The molecular weight excluding hydrogens is 324 g/mol. The van der Waals surface area contributed by atoms with Crippen LogP contribution < -0.4 is 5.32 Å². The molecule has 0 saturated carbocycles. The molecule has 3 nitrogen and oxygen atoms in total. The number of benzene rings is 1. The van der Waals surface area contributed by atoms with Crippen LogP contribution in [0, 0.1) is 15.3 Å². The maximum Gasteiger partial charge on any atom is 0.255 e. The lowest BCUT2D eigenvalue weighted by Crippen LogP contribution is -2.30. The van der Waals surface area contributed by atoms with Gasteiger partial charge in [-0.3, -0.25) is 4.79 Å². The Labute approximate surface area is 107 Å². The molecule has 5 heteroatoms. The first kappa shape index (κ1) is 13.4. The molecule has 2 N–H and O–H groups in total. The number of carbonyl (C=O) groups is 1. The molecule has 0 radical (unpaired) electrons. The molecule has 0 aliphatic rings. The summed E-state index contributed by atoms with van der Waals surface area (Å²) in [5.74, 6) is -1.00. The van der Waals surface area contributed by atoms with Crippen molar-refractivity contribution in [2.24, 2.45) is 5.92 Å². The van der Waals surface area contributed by atoms with Gasteiger partial charge in [0.2, 0.25) is 0 Å². The molecule has 0 aliphatic carbocycles. The molecule has 0 aliphatic heterocycles. The summed E-state index contributed by atoms with van der Waals surface area (Å²) in [7, 11) is 0. The summed E-state index contributed by atoms with van der Waals surface area (Å²) in [5, 5.41) is 11.4. The van der Waals surface area contributed by atoms with Crippen LogP contribution >= 0.6 is 22.6 Å². The van der Waals surface area contributed by atoms with E-state index >= 15 is 0 Å². The number of amides is 1. The molecule has 0 saturated heterocycles. The summed E-state index contributed by atoms with van der Waals surface area (Å²) in [6, 6.07) is 4.49. The third-order valence-corrected chi connectivity index (χ3v) is 3.01. The predicted octanol–water partition coefficient (Wildman–Crippen LogP) is 1.79. The number of carbonyl (C=O) groups excluding carboxylic acids is 1. The average molecular weight is 337 g/mol. The van der Waals surface area contributed by atoms with Gasteiger partial charge < -0.3 is 10.4 Å². The summed E-state index contributed by atoms with van der Waals surface area (Å²) in [6.07, 6.45) is 0. The van der Waals surface area contributed by atoms with Crippen molar-refractivity contribution in [3.05, 3.63) is 33.1 Å². The lowest BCUT2D eigenvalue weighted by molar-refractivity contribution is 0.0937. The van der Waals surface area contributed by atoms with Crippen molar-refractivity contribution in [2.75, 3.05) is 13.2 Å². The zero-order valence-electron chi connectivity index (χ0n) is 8.84. The van der Waals surface area contributed by atoms with Crippen molar-refractivity contribution in [3.8, 4) is 0 Å². The Kier molecular flexibility index (Phi) is 5.14. The Morgan fingerprint density at radius 3 is 2.88 bits per heavy atom. The lowest BCUT2D eigenvalue weighted by atomic mass is 10.1. The summed E-state index contributed by atoms with van der Waals surface area (Å²) in [6.45, 7) is 2.13. The molecule has 0 heterocycles. The first-order valence-electron chi connectivity index (χ1n) is 4.89. The van der Waals surface area contributed by atoms with Crippen LogP contribution in [0.4, 0.5) is 4.39 Å². The van der Waals surface area contributed by atoms with Gasteiger partial charge in [-0.1, -0.05) is 13.0 Å². The summed E-state index contributed by atoms with van der Waals surface area (Å²) in [5.41, 5.74) is 0.0632. The molecular formula is C11H13FINO2.